The SMILES string of the molecule is COC(=O)c1ccc(C2CC2C2C=CC(O)=CC2Cl)cc1. The van der Waals surface area contributed by atoms with Gasteiger partial charge >= 0.3 is 5.97 Å². The quantitative estimate of drug-likeness (QED) is 0.682. The van der Waals surface area contributed by atoms with Crippen molar-refractivity contribution in [1.29, 1.82) is 0 Å². The zero-order chi connectivity index (χ0) is 15.0. The average molecular weight is 305 g/mol. The second-order valence-corrected chi connectivity index (χ2v) is 6.10. The van der Waals surface area contributed by atoms with E-state index in [-0.39, 0.29) is 23.0 Å². The predicted octanol–water partition coefficient (Wildman–Crippen LogP) is 3.81. The summed E-state index contributed by atoms with van der Waals surface area (Å²) in [5.74, 6) is 1.16. The fraction of sp³-hybridized carbons (Fsp3) is 0.353. The van der Waals surface area contributed by atoms with Crippen LogP contribution >= 0.6 is 11.6 Å². The molecule has 3 nitrogen and oxygen atoms in total. The van der Waals surface area contributed by atoms with Gasteiger partial charge in [0.2, 0.25) is 0 Å². The molecule has 0 aliphatic heterocycles. The fourth-order valence-corrected chi connectivity index (χ4v) is 3.43. The molecule has 0 aromatic heterocycles. The molecule has 1 fully saturated rings. The Kier molecular flexibility index (Phi) is 3.77. The summed E-state index contributed by atoms with van der Waals surface area (Å²) in [6.45, 7) is 0. The highest BCUT2D eigenvalue weighted by molar-refractivity contribution is 6.22. The highest BCUT2D eigenvalue weighted by Gasteiger charge is 2.45. The molecule has 3 rings (SSSR count). The van der Waals surface area contributed by atoms with Gasteiger partial charge in [-0.05, 0) is 48.1 Å². The number of halogens is 1. The molecule has 1 saturated carbocycles. The molecule has 21 heavy (non-hydrogen) atoms. The number of carbonyl (C=O) groups is 1. The molecule has 4 atom stereocenters. The van der Waals surface area contributed by atoms with Gasteiger partial charge in [-0.2, -0.15) is 0 Å². The lowest BCUT2D eigenvalue weighted by molar-refractivity contribution is 0.0600. The number of rotatable bonds is 3. The van der Waals surface area contributed by atoms with Crippen molar-refractivity contribution in [2.45, 2.75) is 17.7 Å². The number of alkyl halides is 1. The van der Waals surface area contributed by atoms with E-state index in [1.165, 1.54) is 12.7 Å². The van der Waals surface area contributed by atoms with Crippen molar-refractivity contribution in [1.82, 2.24) is 0 Å². The van der Waals surface area contributed by atoms with Gasteiger partial charge in [0.25, 0.3) is 0 Å². The Morgan fingerprint density at radius 2 is 2.05 bits per heavy atom. The number of allylic oxidation sites excluding steroid dienone is 3. The van der Waals surface area contributed by atoms with Crippen LogP contribution in [0.25, 0.3) is 0 Å². The van der Waals surface area contributed by atoms with E-state index < -0.39 is 0 Å². The van der Waals surface area contributed by atoms with Gasteiger partial charge in [-0.15, -0.1) is 11.6 Å². The second-order valence-electron chi connectivity index (χ2n) is 5.59. The first-order valence-electron chi connectivity index (χ1n) is 7.01. The number of methoxy groups -OCH3 is 1. The van der Waals surface area contributed by atoms with E-state index in [9.17, 15) is 9.90 Å². The summed E-state index contributed by atoms with van der Waals surface area (Å²) in [6.07, 6.45) is 6.51. The molecular weight excluding hydrogens is 288 g/mol. The molecule has 0 bridgehead atoms. The van der Waals surface area contributed by atoms with Crippen LogP contribution in [0.15, 0.2) is 48.3 Å². The van der Waals surface area contributed by atoms with E-state index in [4.69, 9.17) is 16.3 Å². The lowest BCUT2D eigenvalue weighted by Gasteiger charge is -2.19. The first-order valence-corrected chi connectivity index (χ1v) is 7.45. The Balaban J connectivity index is 1.68. The number of aliphatic hydroxyl groups excluding tert-OH is 1. The smallest absolute Gasteiger partial charge is 0.337 e. The Hall–Kier alpha value is -1.74. The molecule has 1 aromatic rings. The highest BCUT2D eigenvalue weighted by Crippen LogP contribution is 2.54. The van der Waals surface area contributed by atoms with E-state index in [0.29, 0.717) is 17.4 Å². The summed E-state index contributed by atoms with van der Waals surface area (Å²) in [7, 11) is 1.38. The van der Waals surface area contributed by atoms with Crippen LogP contribution in [0.3, 0.4) is 0 Å². The average Bonchev–Trinajstić information content (AvgIpc) is 3.27. The van der Waals surface area contributed by atoms with Crippen LogP contribution in [0.1, 0.15) is 28.3 Å². The molecule has 0 saturated heterocycles. The summed E-state index contributed by atoms with van der Waals surface area (Å²) in [6, 6.07) is 7.58. The zero-order valence-electron chi connectivity index (χ0n) is 11.7. The summed E-state index contributed by atoms with van der Waals surface area (Å²) in [5, 5.41) is 9.28. The predicted molar refractivity (Wildman–Crippen MR) is 81.6 cm³/mol. The van der Waals surface area contributed by atoms with Gasteiger partial charge in [0, 0.05) is 5.92 Å². The maximum Gasteiger partial charge on any atom is 0.337 e. The molecule has 0 spiro atoms. The summed E-state index contributed by atoms with van der Waals surface area (Å²) < 4.78 is 4.70. The monoisotopic (exact) mass is 304 g/mol. The number of hydrogen-bond donors (Lipinski definition) is 1. The van der Waals surface area contributed by atoms with Gasteiger partial charge in [0.15, 0.2) is 0 Å². The van der Waals surface area contributed by atoms with Crippen molar-refractivity contribution >= 4 is 17.6 Å². The first-order chi connectivity index (χ1) is 10.1. The van der Waals surface area contributed by atoms with Crippen molar-refractivity contribution in [2.75, 3.05) is 7.11 Å². The third-order valence-corrected chi connectivity index (χ3v) is 4.70. The Bertz CT molecular complexity index is 603. The summed E-state index contributed by atoms with van der Waals surface area (Å²) in [5.41, 5.74) is 1.79. The number of esters is 1. The van der Waals surface area contributed by atoms with Gasteiger partial charge in [0.1, 0.15) is 5.76 Å². The van der Waals surface area contributed by atoms with Gasteiger partial charge in [-0.1, -0.05) is 18.2 Å². The van der Waals surface area contributed by atoms with Crippen molar-refractivity contribution in [2.24, 2.45) is 11.8 Å². The summed E-state index contributed by atoms with van der Waals surface area (Å²) in [4.78, 5) is 11.4. The van der Waals surface area contributed by atoms with Crippen molar-refractivity contribution < 1.29 is 14.6 Å². The van der Waals surface area contributed by atoms with Gasteiger partial charge in [0.05, 0.1) is 18.1 Å². The molecule has 1 N–H and O–H groups in total. The number of carbonyl (C=O) groups excluding carboxylic acids is 1. The zero-order valence-corrected chi connectivity index (χ0v) is 12.5. The van der Waals surface area contributed by atoms with Crippen LogP contribution in [-0.2, 0) is 4.74 Å². The van der Waals surface area contributed by atoms with Crippen molar-refractivity contribution in [3.63, 3.8) is 0 Å². The topological polar surface area (TPSA) is 46.5 Å². The summed E-state index contributed by atoms with van der Waals surface area (Å²) >= 11 is 6.30. The van der Waals surface area contributed by atoms with Gasteiger partial charge in [-0.25, -0.2) is 4.79 Å². The number of hydrogen-bond acceptors (Lipinski definition) is 3. The molecule has 110 valence electrons. The van der Waals surface area contributed by atoms with E-state index in [0.717, 1.165) is 6.42 Å². The largest absolute Gasteiger partial charge is 0.508 e. The van der Waals surface area contributed by atoms with E-state index >= 15 is 0 Å². The minimum Gasteiger partial charge on any atom is -0.508 e. The Morgan fingerprint density at radius 1 is 1.33 bits per heavy atom. The molecular formula is C17H17ClO3. The van der Waals surface area contributed by atoms with Gasteiger partial charge < -0.3 is 9.84 Å². The molecule has 1 aromatic carbocycles. The number of aliphatic hydroxyl groups is 1. The molecule has 0 radical (unpaired) electrons. The van der Waals surface area contributed by atoms with Crippen LogP contribution in [0.5, 0.6) is 0 Å². The number of benzene rings is 1. The van der Waals surface area contributed by atoms with Gasteiger partial charge in [-0.3, -0.25) is 0 Å². The Morgan fingerprint density at radius 3 is 2.67 bits per heavy atom. The normalized spacial score (nSPS) is 30.7. The van der Waals surface area contributed by atoms with Crippen LogP contribution in [0.2, 0.25) is 0 Å². The fourth-order valence-electron chi connectivity index (χ4n) is 3.03. The molecule has 0 heterocycles. The van der Waals surface area contributed by atoms with Crippen LogP contribution in [-0.4, -0.2) is 23.6 Å². The minimum atomic E-state index is -0.314. The lowest BCUT2D eigenvalue weighted by Crippen LogP contribution is -2.16. The highest BCUT2D eigenvalue weighted by atomic mass is 35.5. The maximum absolute atomic E-state index is 11.4. The van der Waals surface area contributed by atoms with E-state index in [1.54, 1.807) is 24.3 Å². The van der Waals surface area contributed by atoms with Crippen molar-refractivity contribution in [3.05, 3.63) is 59.4 Å². The number of ether oxygens (including phenoxy) is 1. The molecule has 4 heteroatoms. The third-order valence-electron chi connectivity index (χ3n) is 4.28. The van der Waals surface area contributed by atoms with Crippen LogP contribution < -0.4 is 0 Å². The van der Waals surface area contributed by atoms with Crippen LogP contribution in [0.4, 0.5) is 0 Å². The second kappa shape index (κ2) is 5.57. The third kappa shape index (κ3) is 2.84. The van der Waals surface area contributed by atoms with Crippen LogP contribution in [0, 0.1) is 11.8 Å². The lowest BCUT2D eigenvalue weighted by atomic mass is 9.92. The maximum atomic E-state index is 11.4. The molecule has 0 amide bonds. The molecule has 2 aliphatic rings. The van der Waals surface area contributed by atoms with E-state index in [1.807, 2.05) is 18.2 Å². The molecule has 2 aliphatic carbocycles. The molecule has 4 unspecified atom stereocenters. The Labute approximate surface area is 128 Å². The van der Waals surface area contributed by atoms with E-state index in [2.05, 4.69) is 0 Å². The minimum absolute atomic E-state index is 0.153. The van der Waals surface area contributed by atoms with Crippen molar-refractivity contribution in [3.8, 4) is 0 Å². The first kappa shape index (κ1) is 14.2. The standard InChI is InChI=1S/C17H17ClO3/c1-21-17(20)11-4-2-10(3-5-11)14-9-15(14)13-7-6-12(19)8-16(13)18/h2-8,13-16,19H,9H2,1H3.